The van der Waals surface area contributed by atoms with Crippen LogP contribution < -0.4 is 0 Å². The Labute approximate surface area is 131 Å². The van der Waals surface area contributed by atoms with Crippen LogP contribution >= 0.6 is 0 Å². The molecule has 0 bridgehead atoms. The Balaban J connectivity index is 1.50. The maximum atomic E-state index is 12.4. The van der Waals surface area contributed by atoms with E-state index in [-0.39, 0.29) is 5.91 Å². The van der Waals surface area contributed by atoms with Crippen molar-refractivity contribution >= 4 is 5.91 Å². The van der Waals surface area contributed by atoms with Crippen molar-refractivity contribution < 1.29 is 4.79 Å². The summed E-state index contributed by atoms with van der Waals surface area (Å²) in [7, 11) is 0. The van der Waals surface area contributed by atoms with Crippen LogP contribution in [-0.4, -0.2) is 37.9 Å². The highest BCUT2D eigenvalue weighted by Gasteiger charge is 2.27. The largest absolute Gasteiger partial charge is 0.340 e. The Bertz CT molecular complexity index is 582. The molecule has 0 radical (unpaired) electrons. The quantitative estimate of drug-likeness (QED) is 0.822. The first-order valence-electron chi connectivity index (χ1n) is 7.97. The zero-order valence-corrected chi connectivity index (χ0v) is 12.8. The molecular formula is C17H22N4O. The summed E-state index contributed by atoms with van der Waals surface area (Å²) >= 11 is 0. The van der Waals surface area contributed by atoms with Gasteiger partial charge in [0.05, 0.1) is 6.33 Å². The monoisotopic (exact) mass is 298 g/mol. The first-order chi connectivity index (χ1) is 10.8. The highest BCUT2D eigenvalue weighted by Crippen LogP contribution is 2.22. The molecule has 2 aromatic heterocycles. The van der Waals surface area contributed by atoms with Crippen LogP contribution in [0.4, 0.5) is 0 Å². The van der Waals surface area contributed by atoms with Crippen LogP contribution in [0.2, 0.25) is 0 Å². The molecule has 3 rings (SSSR count). The number of amides is 1. The summed E-state index contributed by atoms with van der Waals surface area (Å²) in [6, 6.07) is 4.50. The van der Waals surface area contributed by atoms with Gasteiger partial charge < -0.3 is 9.47 Å². The Kier molecular flexibility index (Phi) is 4.83. The van der Waals surface area contributed by atoms with Crippen LogP contribution in [0.15, 0.2) is 43.2 Å². The summed E-state index contributed by atoms with van der Waals surface area (Å²) in [5.74, 6) is 0.269. The average Bonchev–Trinajstić information content (AvgIpc) is 3.23. The van der Waals surface area contributed by atoms with Crippen LogP contribution in [0.1, 0.15) is 31.2 Å². The van der Waals surface area contributed by atoms with Crippen LogP contribution in [0.5, 0.6) is 0 Å². The van der Waals surface area contributed by atoms with E-state index in [0.717, 1.165) is 32.2 Å². The molecule has 2 aromatic rings. The van der Waals surface area contributed by atoms with Crippen LogP contribution in [0, 0.1) is 0 Å². The predicted octanol–water partition coefficient (Wildman–Crippen LogP) is 2.29. The average molecular weight is 298 g/mol. The lowest BCUT2D eigenvalue weighted by atomic mass is 10.0. The van der Waals surface area contributed by atoms with Crippen molar-refractivity contribution in [3.63, 3.8) is 0 Å². The van der Waals surface area contributed by atoms with Gasteiger partial charge in [-0.25, -0.2) is 4.98 Å². The second-order valence-corrected chi connectivity index (χ2v) is 5.83. The second-order valence-electron chi connectivity index (χ2n) is 5.83. The number of likely N-dealkylation sites (tertiary alicyclic amines) is 1. The molecule has 1 saturated heterocycles. The maximum Gasteiger partial charge on any atom is 0.224 e. The van der Waals surface area contributed by atoms with Crippen molar-refractivity contribution in [1.82, 2.24) is 19.4 Å². The zero-order valence-electron chi connectivity index (χ0n) is 12.8. The van der Waals surface area contributed by atoms with Crippen molar-refractivity contribution in [2.24, 2.45) is 0 Å². The van der Waals surface area contributed by atoms with E-state index in [4.69, 9.17) is 0 Å². The SMILES string of the molecule is O=C(CCn1ccnc1)N1CCC[C@H]1CCc1ccncc1. The molecule has 0 aromatic carbocycles. The lowest BCUT2D eigenvalue weighted by Crippen LogP contribution is -2.36. The first-order valence-corrected chi connectivity index (χ1v) is 7.97. The number of pyridine rings is 1. The van der Waals surface area contributed by atoms with Gasteiger partial charge in [-0.3, -0.25) is 9.78 Å². The number of hydrogen-bond donors (Lipinski definition) is 0. The van der Waals surface area contributed by atoms with Gasteiger partial charge in [0.15, 0.2) is 0 Å². The Hall–Kier alpha value is -2.17. The molecular weight excluding hydrogens is 276 g/mol. The molecule has 5 nitrogen and oxygen atoms in total. The molecule has 22 heavy (non-hydrogen) atoms. The van der Waals surface area contributed by atoms with Gasteiger partial charge in [-0.1, -0.05) is 0 Å². The van der Waals surface area contributed by atoms with E-state index in [1.54, 1.807) is 12.5 Å². The second kappa shape index (κ2) is 7.20. The fourth-order valence-electron chi connectivity index (χ4n) is 3.13. The van der Waals surface area contributed by atoms with Gasteiger partial charge in [0.2, 0.25) is 5.91 Å². The van der Waals surface area contributed by atoms with Gasteiger partial charge >= 0.3 is 0 Å². The third kappa shape index (κ3) is 3.72. The summed E-state index contributed by atoms with van der Waals surface area (Å²) < 4.78 is 1.96. The Morgan fingerprint density at radius 1 is 1.23 bits per heavy atom. The van der Waals surface area contributed by atoms with Gasteiger partial charge in [-0.2, -0.15) is 0 Å². The number of carbonyl (C=O) groups excluding carboxylic acids is 1. The van der Waals surface area contributed by atoms with Crippen molar-refractivity contribution in [3.05, 3.63) is 48.8 Å². The maximum absolute atomic E-state index is 12.4. The molecule has 116 valence electrons. The third-order valence-electron chi connectivity index (χ3n) is 4.36. The highest BCUT2D eigenvalue weighted by atomic mass is 16.2. The fraction of sp³-hybridized carbons (Fsp3) is 0.471. The molecule has 1 amide bonds. The zero-order chi connectivity index (χ0) is 15.2. The minimum atomic E-state index is 0.269. The molecule has 0 aliphatic carbocycles. The summed E-state index contributed by atoms with van der Waals surface area (Å²) in [5.41, 5.74) is 1.30. The van der Waals surface area contributed by atoms with Gasteiger partial charge in [0.1, 0.15) is 0 Å². The van der Waals surface area contributed by atoms with E-state index < -0.39 is 0 Å². The van der Waals surface area contributed by atoms with Gasteiger partial charge in [-0.05, 0) is 43.4 Å². The number of carbonyl (C=O) groups is 1. The predicted molar refractivity (Wildman–Crippen MR) is 84.1 cm³/mol. The van der Waals surface area contributed by atoms with Crippen LogP contribution in [0.25, 0.3) is 0 Å². The Morgan fingerprint density at radius 2 is 2.09 bits per heavy atom. The van der Waals surface area contributed by atoms with E-state index in [9.17, 15) is 4.79 Å². The summed E-state index contributed by atoms with van der Waals surface area (Å²) in [6.07, 6.45) is 13.9. The topological polar surface area (TPSA) is 51.0 Å². The molecule has 1 atom stereocenters. The van der Waals surface area contributed by atoms with Crippen LogP contribution in [-0.2, 0) is 17.8 Å². The number of rotatable bonds is 6. The number of nitrogens with zero attached hydrogens (tertiary/aromatic N) is 4. The normalized spacial score (nSPS) is 17.8. The molecule has 0 saturated carbocycles. The van der Waals surface area contributed by atoms with E-state index in [2.05, 4.69) is 27.0 Å². The summed E-state index contributed by atoms with van der Waals surface area (Å²) in [6.45, 7) is 1.62. The van der Waals surface area contributed by atoms with E-state index in [1.165, 1.54) is 5.56 Å². The van der Waals surface area contributed by atoms with Crippen LogP contribution in [0.3, 0.4) is 0 Å². The highest BCUT2D eigenvalue weighted by molar-refractivity contribution is 5.76. The van der Waals surface area contributed by atoms with Crippen molar-refractivity contribution in [2.45, 2.75) is 44.7 Å². The lowest BCUT2D eigenvalue weighted by Gasteiger charge is -2.25. The minimum Gasteiger partial charge on any atom is -0.340 e. The lowest BCUT2D eigenvalue weighted by molar-refractivity contribution is -0.132. The Morgan fingerprint density at radius 3 is 2.86 bits per heavy atom. The third-order valence-corrected chi connectivity index (χ3v) is 4.36. The minimum absolute atomic E-state index is 0.269. The van der Waals surface area contributed by atoms with Crippen molar-refractivity contribution in [3.8, 4) is 0 Å². The summed E-state index contributed by atoms with van der Waals surface area (Å²) in [4.78, 5) is 22.6. The molecule has 0 unspecified atom stereocenters. The molecule has 1 aliphatic rings. The molecule has 3 heterocycles. The van der Waals surface area contributed by atoms with Gasteiger partial charge in [0.25, 0.3) is 0 Å². The number of hydrogen-bond acceptors (Lipinski definition) is 3. The smallest absolute Gasteiger partial charge is 0.224 e. The van der Waals surface area contributed by atoms with Gasteiger partial charge in [0, 0.05) is 50.3 Å². The molecule has 1 aliphatic heterocycles. The van der Waals surface area contributed by atoms with Crippen molar-refractivity contribution in [1.29, 1.82) is 0 Å². The standard InChI is InChI=1S/C17H22N4O/c22-17(7-12-20-13-10-19-14-20)21-11-1-2-16(21)4-3-15-5-8-18-9-6-15/h5-6,8-10,13-14,16H,1-4,7,11-12H2/t16-/m0/s1. The van der Waals surface area contributed by atoms with Gasteiger partial charge in [-0.15, -0.1) is 0 Å². The number of imidazole rings is 1. The molecule has 5 heteroatoms. The molecule has 1 fully saturated rings. The molecule has 0 spiro atoms. The van der Waals surface area contributed by atoms with E-state index in [1.807, 2.05) is 23.2 Å². The number of aryl methyl sites for hydroxylation is 2. The number of aromatic nitrogens is 3. The van der Waals surface area contributed by atoms with Crippen molar-refractivity contribution in [2.75, 3.05) is 6.54 Å². The summed E-state index contributed by atoms with van der Waals surface area (Å²) in [5, 5.41) is 0. The fourth-order valence-corrected chi connectivity index (χ4v) is 3.13. The van der Waals surface area contributed by atoms with E-state index in [0.29, 0.717) is 19.0 Å². The molecule has 0 N–H and O–H groups in total. The first kappa shape index (κ1) is 14.8. The van der Waals surface area contributed by atoms with E-state index >= 15 is 0 Å².